The van der Waals surface area contributed by atoms with Crippen molar-refractivity contribution in [2.24, 2.45) is 5.92 Å². The zero-order chi connectivity index (χ0) is 18.5. The molecule has 1 aliphatic heterocycles. The van der Waals surface area contributed by atoms with E-state index < -0.39 is 0 Å². The minimum Gasteiger partial charge on any atom is -0.496 e. The molecule has 2 fully saturated rings. The fraction of sp³-hybridized carbons (Fsp3) is 0.619. The van der Waals surface area contributed by atoms with E-state index in [9.17, 15) is 9.59 Å². The Hall–Kier alpha value is -2.04. The third-order valence-electron chi connectivity index (χ3n) is 5.68. The summed E-state index contributed by atoms with van der Waals surface area (Å²) in [6, 6.07) is 5.89. The highest BCUT2D eigenvalue weighted by atomic mass is 16.5. The van der Waals surface area contributed by atoms with Crippen LogP contribution in [0.25, 0.3) is 0 Å². The summed E-state index contributed by atoms with van der Waals surface area (Å²) in [4.78, 5) is 29.2. The minimum atomic E-state index is 0.143. The Morgan fingerprint density at radius 2 is 1.73 bits per heavy atom. The van der Waals surface area contributed by atoms with Gasteiger partial charge in [-0.25, -0.2) is 0 Å². The van der Waals surface area contributed by atoms with Crippen LogP contribution in [0.15, 0.2) is 18.2 Å². The van der Waals surface area contributed by atoms with Gasteiger partial charge in [0.2, 0.25) is 11.8 Å². The van der Waals surface area contributed by atoms with Gasteiger partial charge in [-0.3, -0.25) is 9.59 Å². The van der Waals surface area contributed by atoms with Crippen molar-refractivity contribution in [1.29, 1.82) is 0 Å². The third-order valence-corrected chi connectivity index (χ3v) is 5.68. The second kappa shape index (κ2) is 8.56. The molecule has 142 valence electrons. The molecule has 2 amide bonds. The van der Waals surface area contributed by atoms with Crippen LogP contribution < -0.4 is 4.74 Å². The van der Waals surface area contributed by atoms with Crippen LogP contribution in [0, 0.1) is 12.8 Å². The average molecular weight is 358 g/mol. The Bertz CT molecular complexity index is 653. The van der Waals surface area contributed by atoms with E-state index in [0.717, 1.165) is 49.2 Å². The number of amides is 2. The molecule has 1 aliphatic carbocycles. The van der Waals surface area contributed by atoms with Crippen molar-refractivity contribution < 1.29 is 14.3 Å². The van der Waals surface area contributed by atoms with Gasteiger partial charge in [-0.05, 0) is 43.4 Å². The molecular weight excluding hydrogens is 328 g/mol. The van der Waals surface area contributed by atoms with E-state index in [1.54, 1.807) is 7.11 Å². The van der Waals surface area contributed by atoms with Gasteiger partial charge in [-0.1, -0.05) is 25.0 Å². The lowest BCUT2D eigenvalue weighted by molar-refractivity contribution is -0.136. The molecule has 0 aromatic heterocycles. The Kier molecular flexibility index (Phi) is 6.17. The Morgan fingerprint density at radius 3 is 2.42 bits per heavy atom. The lowest BCUT2D eigenvalue weighted by atomic mass is 10.1. The highest BCUT2D eigenvalue weighted by Gasteiger charge is 2.29. The molecule has 3 rings (SSSR count). The van der Waals surface area contributed by atoms with E-state index >= 15 is 0 Å². The number of hydrogen-bond acceptors (Lipinski definition) is 3. The standard InChI is InChI=1S/C21H30N2O3/c1-16-14-17(8-9-19(16)26-2)15-20(24)22-10-5-11-23(13-12-22)21(25)18-6-3-4-7-18/h8-9,14,18H,3-7,10-13,15H2,1-2H3. The van der Waals surface area contributed by atoms with Crippen LogP contribution in [0.4, 0.5) is 0 Å². The highest BCUT2D eigenvalue weighted by molar-refractivity contribution is 5.80. The van der Waals surface area contributed by atoms with Gasteiger partial charge in [-0.15, -0.1) is 0 Å². The summed E-state index contributed by atoms with van der Waals surface area (Å²) < 4.78 is 5.28. The number of hydrogen-bond donors (Lipinski definition) is 0. The smallest absolute Gasteiger partial charge is 0.227 e. The van der Waals surface area contributed by atoms with Gasteiger partial charge >= 0.3 is 0 Å². The van der Waals surface area contributed by atoms with Crippen molar-refractivity contribution in [3.8, 4) is 5.75 Å². The largest absolute Gasteiger partial charge is 0.496 e. The van der Waals surface area contributed by atoms with Gasteiger partial charge in [-0.2, -0.15) is 0 Å². The fourth-order valence-electron chi connectivity index (χ4n) is 4.16. The lowest BCUT2D eigenvalue weighted by Crippen LogP contribution is -2.39. The van der Waals surface area contributed by atoms with Crippen LogP contribution in [0.3, 0.4) is 0 Å². The first-order valence-corrected chi connectivity index (χ1v) is 9.78. The molecule has 0 atom stereocenters. The van der Waals surface area contributed by atoms with Gasteiger partial charge in [0, 0.05) is 32.1 Å². The van der Waals surface area contributed by atoms with Crippen molar-refractivity contribution in [2.75, 3.05) is 33.3 Å². The number of methoxy groups -OCH3 is 1. The second-order valence-electron chi connectivity index (χ2n) is 7.52. The molecule has 0 radical (unpaired) electrons. The van der Waals surface area contributed by atoms with E-state index in [1.807, 2.05) is 34.9 Å². The first-order valence-electron chi connectivity index (χ1n) is 9.78. The van der Waals surface area contributed by atoms with E-state index in [2.05, 4.69) is 0 Å². The first kappa shape index (κ1) is 18.7. The van der Waals surface area contributed by atoms with Crippen molar-refractivity contribution in [1.82, 2.24) is 9.80 Å². The van der Waals surface area contributed by atoms with Gasteiger partial charge in [0.25, 0.3) is 0 Å². The molecular formula is C21H30N2O3. The Morgan fingerprint density at radius 1 is 1.04 bits per heavy atom. The van der Waals surface area contributed by atoms with E-state index in [0.29, 0.717) is 25.4 Å². The van der Waals surface area contributed by atoms with Crippen LogP contribution in [0.2, 0.25) is 0 Å². The van der Waals surface area contributed by atoms with Crippen LogP contribution in [-0.2, 0) is 16.0 Å². The predicted molar refractivity (Wildman–Crippen MR) is 101 cm³/mol. The monoisotopic (exact) mass is 358 g/mol. The van der Waals surface area contributed by atoms with Gasteiger partial charge < -0.3 is 14.5 Å². The molecule has 5 nitrogen and oxygen atoms in total. The SMILES string of the molecule is COc1ccc(CC(=O)N2CCCN(C(=O)C3CCCC3)CC2)cc1C. The lowest BCUT2D eigenvalue weighted by Gasteiger charge is -2.24. The molecule has 1 saturated heterocycles. The molecule has 0 N–H and O–H groups in total. The molecule has 0 bridgehead atoms. The van der Waals surface area contributed by atoms with Crippen LogP contribution in [0.5, 0.6) is 5.75 Å². The number of benzene rings is 1. The molecule has 1 heterocycles. The second-order valence-corrected chi connectivity index (χ2v) is 7.52. The van der Waals surface area contributed by atoms with Crippen molar-refractivity contribution in [2.45, 2.75) is 45.4 Å². The van der Waals surface area contributed by atoms with E-state index in [4.69, 9.17) is 4.74 Å². The average Bonchev–Trinajstić information content (AvgIpc) is 3.05. The summed E-state index contributed by atoms with van der Waals surface area (Å²) in [7, 11) is 1.66. The maximum Gasteiger partial charge on any atom is 0.227 e. The summed E-state index contributed by atoms with van der Waals surface area (Å²) >= 11 is 0. The zero-order valence-electron chi connectivity index (χ0n) is 16.0. The molecule has 26 heavy (non-hydrogen) atoms. The summed E-state index contributed by atoms with van der Waals surface area (Å²) in [5.41, 5.74) is 2.05. The summed E-state index contributed by atoms with van der Waals surface area (Å²) in [5.74, 6) is 1.52. The quantitative estimate of drug-likeness (QED) is 0.832. The number of carbonyl (C=O) groups excluding carboxylic acids is 2. The van der Waals surface area contributed by atoms with Crippen molar-refractivity contribution >= 4 is 11.8 Å². The van der Waals surface area contributed by atoms with Crippen LogP contribution >= 0.6 is 0 Å². The number of rotatable bonds is 4. The minimum absolute atomic E-state index is 0.143. The van der Waals surface area contributed by atoms with Crippen molar-refractivity contribution in [3.63, 3.8) is 0 Å². The Labute approximate surface area is 156 Å². The third kappa shape index (κ3) is 4.37. The molecule has 1 saturated carbocycles. The normalized spacial score (nSPS) is 18.7. The zero-order valence-corrected chi connectivity index (χ0v) is 16.0. The maximum absolute atomic E-state index is 12.7. The maximum atomic E-state index is 12.7. The van der Waals surface area contributed by atoms with E-state index in [1.165, 1.54) is 12.8 Å². The Balaban J connectivity index is 1.55. The van der Waals surface area contributed by atoms with Crippen LogP contribution in [0.1, 0.15) is 43.2 Å². The topological polar surface area (TPSA) is 49.9 Å². The van der Waals surface area contributed by atoms with Gasteiger partial charge in [0.15, 0.2) is 0 Å². The van der Waals surface area contributed by atoms with Crippen LogP contribution in [-0.4, -0.2) is 54.9 Å². The fourth-order valence-corrected chi connectivity index (χ4v) is 4.16. The number of ether oxygens (including phenoxy) is 1. The van der Waals surface area contributed by atoms with E-state index in [-0.39, 0.29) is 11.8 Å². The molecule has 0 unspecified atom stereocenters. The number of nitrogens with zero attached hydrogens (tertiary/aromatic N) is 2. The van der Waals surface area contributed by atoms with Crippen molar-refractivity contribution in [3.05, 3.63) is 29.3 Å². The van der Waals surface area contributed by atoms with Gasteiger partial charge in [0.1, 0.15) is 5.75 Å². The number of aryl methyl sites for hydroxylation is 1. The molecule has 0 spiro atoms. The molecule has 1 aromatic rings. The molecule has 5 heteroatoms. The molecule has 2 aliphatic rings. The summed E-state index contributed by atoms with van der Waals surface area (Å²) in [5, 5.41) is 0. The first-order chi connectivity index (χ1) is 12.6. The molecule has 1 aromatic carbocycles. The predicted octanol–water partition coefficient (Wildman–Crippen LogP) is 2.80. The summed E-state index contributed by atoms with van der Waals surface area (Å²) in [6.07, 6.45) is 5.70. The van der Waals surface area contributed by atoms with Gasteiger partial charge in [0.05, 0.1) is 13.5 Å². The summed E-state index contributed by atoms with van der Waals surface area (Å²) in [6.45, 7) is 4.82. The highest BCUT2D eigenvalue weighted by Crippen LogP contribution is 2.27. The number of carbonyl (C=O) groups is 2.